The molecule has 1 atom stereocenters. The van der Waals surface area contributed by atoms with E-state index in [1.165, 1.54) is 0 Å². The summed E-state index contributed by atoms with van der Waals surface area (Å²) in [6.07, 6.45) is 2.12. The lowest BCUT2D eigenvalue weighted by atomic mass is 10.1. The van der Waals surface area contributed by atoms with Gasteiger partial charge in [0.2, 0.25) is 11.9 Å². The first kappa shape index (κ1) is 12.7. The van der Waals surface area contributed by atoms with Gasteiger partial charge in [0, 0.05) is 13.2 Å². The highest BCUT2D eigenvalue weighted by molar-refractivity contribution is 6.53. The highest BCUT2D eigenvalue weighted by atomic mass is 35.5. The number of amides is 1. The van der Waals surface area contributed by atoms with Crippen molar-refractivity contribution < 1.29 is 4.79 Å². The zero-order valence-electron chi connectivity index (χ0n) is 10.4. The Hall–Kier alpha value is -1.33. The van der Waals surface area contributed by atoms with E-state index in [0.717, 1.165) is 5.52 Å². The molecule has 0 bridgehead atoms. The van der Waals surface area contributed by atoms with Gasteiger partial charge in [0.05, 0.1) is 5.41 Å². The number of imidazole rings is 1. The normalized spacial score (nSPS) is 24.4. The van der Waals surface area contributed by atoms with Gasteiger partial charge in [0.25, 0.3) is 0 Å². The number of carbonyl (C=O) groups excluding carboxylic acids is 1. The lowest BCUT2D eigenvalue weighted by molar-refractivity contribution is -0.120. The fourth-order valence-corrected chi connectivity index (χ4v) is 2.73. The van der Waals surface area contributed by atoms with Crippen molar-refractivity contribution in [1.29, 1.82) is 0 Å². The Balaban J connectivity index is 1.91. The van der Waals surface area contributed by atoms with Gasteiger partial charge in [-0.25, -0.2) is 9.97 Å². The van der Waals surface area contributed by atoms with Gasteiger partial charge in [-0.1, -0.05) is 0 Å². The van der Waals surface area contributed by atoms with E-state index in [9.17, 15) is 4.79 Å². The highest BCUT2D eigenvalue weighted by Gasteiger charge is 2.68. The van der Waals surface area contributed by atoms with E-state index < -0.39 is 9.75 Å². The number of fused-ring (bicyclic) bond motifs is 1. The fraction of sp³-hybridized carbons (Fsp3) is 0.417. The Labute approximate surface area is 119 Å². The van der Waals surface area contributed by atoms with Crippen molar-refractivity contribution in [2.45, 2.75) is 17.7 Å². The maximum absolute atomic E-state index is 12.2. The van der Waals surface area contributed by atoms with Crippen molar-refractivity contribution >= 4 is 46.2 Å². The molecule has 1 fully saturated rings. The van der Waals surface area contributed by atoms with Crippen LogP contribution in [0.3, 0.4) is 0 Å². The van der Waals surface area contributed by atoms with E-state index >= 15 is 0 Å². The summed E-state index contributed by atoms with van der Waals surface area (Å²) in [5.74, 6) is 0.215. The second-order valence-corrected chi connectivity index (χ2v) is 6.49. The van der Waals surface area contributed by atoms with Crippen molar-refractivity contribution in [3.63, 3.8) is 0 Å². The molecule has 1 unspecified atom stereocenters. The Bertz CT molecular complexity index is 681. The Kier molecular flexibility index (Phi) is 2.56. The summed E-state index contributed by atoms with van der Waals surface area (Å²) < 4.78 is 0.739. The predicted octanol–water partition coefficient (Wildman–Crippen LogP) is 2.49. The number of aromatic nitrogens is 3. The van der Waals surface area contributed by atoms with Crippen molar-refractivity contribution in [2.24, 2.45) is 12.5 Å². The first-order chi connectivity index (χ1) is 8.85. The van der Waals surface area contributed by atoms with Crippen LogP contribution in [0.1, 0.15) is 13.3 Å². The molecular formula is C12H12Cl2N4O. The van der Waals surface area contributed by atoms with Crippen LogP contribution in [0, 0.1) is 5.41 Å². The number of pyridine rings is 1. The van der Waals surface area contributed by atoms with Crippen LogP contribution in [0.25, 0.3) is 11.2 Å². The Morgan fingerprint density at radius 2 is 2.21 bits per heavy atom. The van der Waals surface area contributed by atoms with E-state index in [4.69, 9.17) is 23.2 Å². The Morgan fingerprint density at radius 3 is 2.79 bits per heavy atom. The van der Waals surface area contributed by atoms with Crippen molar-refractivity contribution in [1.82, 2.24) is 14.5 Å². The number of hydrogen-bond donors (Lipinski definition) is 1. The molecular weight excluding hydrogens is 287 g/mol. The molecule has 0 spiro atoms. The van der Waals surface area contributed by atoms with Crippen LogP contribution in [0.15, 0.2) is 18.3 Å². The predicted molar refractivity (Wildman–Crippen MR) is 74.3 cm³/mol. The zero-order valence-corrected chi connectivity index (χ0v) is 12.0. The number of rotatable bonds is 2. The van der Waals surface area contributed by atoms with Gasteiger partial charge >= 0.3 is 0 Å². The van der Waals surface area contributed by atoms with Gasteiger partial charge in [0.1, 0.15) is 9.85 Å². The van der Waals surface area contributed by atoms with Gasteiger partial charge in [-0.15, -0.1) is 23.2 Å². The van der Waals surface area contributed by atoms with Crippen LogP contribution < -0.4 is 5.32 Å². The summed E-state index contributed by atoms with van der Waals surface area (Å²) in [4.78, 5) is 20.7. The summed E-state index contributed by atoms with van der Waals surface area (Å²) in [5.41, 5.74) is 0.674. The molecule has 3 rings (SSSR count). The van der Waals surface area contributed by atoms with Crippen LogP contribution in [0.5, 0.6) is 0 Å². The molecule has 1 saturated carbocycles. The minimum Gasteiger partial charge on any atom is -0.298 e. The summed E-state index contributed by atoms with van der Waals surface area (Å²) in [5, 5.41) is 2.76. The second kappa shape index (κ2) is 3.84. The van der Waals surface area contributed by atoms with Crippen LogP contribution in [0.2, 0.25) is 0 Å². The molecule has 0 aliphatic heterocycles. The molecule has 1 N–H and O–H groups in total. The van der Waals surface area contributed by atoms with Crippen LogP contribution in [0.4, 0.5) is 5.95 Å². The van der Waals surface area contributed by atoms with Crippen LogP contribution in [-0.4, -0.2) is 24.8 Å². The molecule has 100 valence electrons. The van der Waals surface area contributed by atoms with E-state index in [2.05, 4.69) is 15.3 Å². The molecule has 19 heavy (non-hydrogen) atoms. The summed E-state index contributed by atoms with van der Waals surface area (Å²) in [7, 11) is 1.79. The lowest BCUT2D eigenvalue weighted by Gasteiger charge is -2.11. The van der Waals surface area contributed by atoms with Crippen molar-refractivity contribution in [3.05, 3.63) is 18.3 Å². The van der Waals surface area contributed by atoms with Crippen LogP contribution in [-0.2, 0) is 11.8 Å². The fourth-order valence-electron chi connectivity index (χ4n) is 2.02. The first-order valence-corrected chi connectivity index (χ1v) is 6.57. The highest BCUT2D eigenvalue weighted by Crippen LogP contribution is 2.64. The number of nitrogens with one attached hydrogen (secondary N) is 1. The summed E-state index contributed by atoms with van der Waals surface area (Å²) in [6.45, 7) is 1.74. The number of aryl methyl sites for hydroxylation is 1. The Morgan fingerprint density at radius 1 is 1.53 bits per heavy atom. The molecule has 2 heterocycles. The van der Waals surface area contributed by atoms with Gasteiger partial charge in [-0.3, -0.25) is 14.7 Å². The van der Waals surface area contributed by atoms with Crippen LogP contribution >= 0.6 is 23.2 Å². The zero-order chi connectivity index (χ0) is 13.8. The quantitative estimate of drug-likeness (QED) is 0.867. The largest absolute Gasteiger partial charge is 0.298 e. The summed E-state index contributed by atoms with van der Waals surface area (Å²) >= 11 is 12.0. The molecule has 7 heteroatoms. The minimum atomic E-state index is -0.986. The molecule has 1 amide bonds. The standard InChI is InChI=1S/C12H12Cl2N4O/c1-11(6-12(11,13)14)9(19)17-10-16-7-4-3-5-15-8(7)18(10)2/h3-5H,6H2,1-2H3,(H,16,17,19). The van der Waals surface area contributed by atoms with Gasteiger partial charge in [-0.2, -0.15) is 0 Å². The maximum Gasteiger partial charge on any atom is 0.235 e. The molecule has 0 aromatic carbocycles. The third kappa shape index (κ3) is 1.80. The number of nitrogens with zero attached hydrogens (tertiary/aromatic N) is 3. The smallest absolute Gasteiger partial charge is 0.235 e. The molecule has 1 aliphatic carbocycles. The maximum atomic E-state index is 12.2. The van der Waals surface area contributed by atoms with Crippen molar-refractivity contribution in [3.8, 4) is 0 Å². The number of halogens is 2. The number of carbonyl (C=O) groups is 1. The van der Waals surface area contributed by atoms with Gasteiger partial charge in [0.15, 0.2) is 5.65 Å². The summed E-state index contributed by atoms with van der Waals surface area (Å²) in [6, 6.07) is 3.63. The SMILES string of the molecule is Cn1c(NC(=O)C2(C)CC2(Cl)Cl)nc2cccnc21. The van der Waals surface area contributed by atoms with E-state index in [0.29, 0.717) is 18.0 Å². The molecule has 0 saturated heterocycles. The molecule has 5 nitrogen and oxygen atoms in total. The lowest BCUT2D eigenvalue weighted by Crippen LogP contribution is -2.27. The molecule has 0 radical (unpaired) electrons. The number of hydrogen-bond acceptors (Lipinski definition) is 3. The third-order valence-electron chi connectivity index (χ3n) is 3.61. The average Bonchev–Trinajstić information content (AvgIpc) is 2.73. The second-order valence-electron chi connectivity index (χ2n) is 5.01. The van der Waals surface area contributed by atoms with E-state index in [1.54, 1.807) is 30.8 Å². The van der Waals surface area contributed by atoms with E-state index in [1.807, 2.05) is 6.07 Å². The number of alkyl halides is 2. The average molecular weight is 299 g/mol. The molecule has 2 aromatic heterocycles. The number of anilines is 1. The van der Waals surface area contributed by atoms with Gasteiger partial charge < -0.3 is 0 Å². The topological polar surface area (TPSA) is 59.8 Å². The molecule has 1 aliphatic rings. The molecule has 2 aromatic rings. The third-order valence-corrected chi connectivity index (χ3v) is 4.71. The minimum absolute atomic E-state index is 0.226. The van der Waals surface area contributed by atoms with E-state index in [-0.39, 0.29) is 5.91 Å². The van der Waals surface area contributed by atoms with Gasteiger partial charge in [-0.05, 0) is 25.5 Å². The first-order valence-electron chi connectivity index (χ1n) is 5.82. The monoisotopic (exact) mass is 298 g/mol. The van der Waals surface area contributed by atoms with Crippen molar-refractivity contribution in [2.75, 3.05) is 5.32 Å².